The van der Waals surface area contributed by atoms with E-state index in [2.05, 4.69) is 5.32 Å². The van der Waals surface area contributed by atoms with Gasteiger partial charge in [-0.3, -0.25) is 9.59 Å². The quantitative estimate of drug-likeness (QED) is 0.771. The summed E-state index contributed by atoms with van der Waals surface area (Å²) >= 11 is 0. The molecular formula is C18H16FNO3. The number of carboxylic acid groups (broad SMARTS) is 1. The molecule has 0 heterocycles. The Morgan fingerprint density at radius 2 is 1.78 bits per heavy atom. The van der Waals surface area contributed by atoms with Crippen LogP contribution in [0.2, 0.25) is 0 Å². The number of benzene rings is 2. The average Bonchev–Trinajstić information content (AvgIpc) is 2.53. The van der Waals surface area contributed by atoms with Crippen molar-refractivity contribution in [1.29, 1.82) is 0 Å². The Labute approximate surface area is 133 Å². The van der Waals surface area contributed by atoms with Gasteiger partial charge in [-0.05, 0) is 35.9 Å². The maximum atomic E-state index is 13.4. The molecule has 2 N–H and O–H groups in total. The molecule has 118 valence electrons. The fourth-order valence-corrected chi connectivity index (χ4v) is 1.96. The van der Waals surface area contributed by atoms with E-state index < -0.39 is 5.97 Å². The van der Waals surface area contributed by atoms with Crippen molar-refractivity contribution < 1.29 is 19.1 Å². The van der Waals surface area contributed by atoms with Crippen molar-refractivity contribution in [1.82, 2.24) is 0 Å². The molecule has 4 nitrogen and oxygen atoms in total. The van der Waals surface area contributed by atoms with Crippen LogP contribution in [0.15, 0.2) is 54.6 Å². The van der Waals surface area contributed by atoms with Gasteiger partial charge in [0, 0.05) is 11.3 Å². The lowest BCUT2D eigenvalue weighted by Gasteiger charge is -2.05. The van der Waals surface area contributed by atoms with Gasteiger partial charge in [0.05, 0.1) is 13.0 Å². The first-order valence-corrected chi connectivity index (χ1v) is 7.04. The third-order valence-electron chi connectivity index (χ3n) is 3.13. The second-order valence-electron chi connectivity index (χ2n) is 4.94. The van der Waals surface area contributed by atoms with Gasteiger partial charge >= 0.3 is 5.97 Å². The van der Waals surface area contributed by atoms with Crippen LogP contribution in [0, 0.1) is 5.82 Å². The largest absolute Gasteiger partial charge is 0.481 e. The summed E-state index contributed by atoms with van der Waals surface area (Å²) in [4.78, 5) is 22.4. The smallest absolute Gasteiger partial charge is 0.307 e. The number of hydrogen-bond donors (Lipinski definition) is 2. The van der Waals surface area contributed by atoms with Crippen LogP contribution in [-0.2, 0) is 16.0 Å². The molecular weight excluding hydrogens is 297 g/mol. The summed E-state index contributed by atoms with van der Waals surface area (Å²) in [7, 11) is 0. The molecule has 0 bridgehead atoms. The van der Waals surface area contributed by atoms with Crippen molar-refractivity contribution in [2.75, 3.05) is 11.9 Å². The van der Waals surface area contributed by atoms with E-state index in [1.807, 2.05) is 0 Å². The normalized spacial score (nSPS) is 10.7. The Morgan fingerprint density at radius 3 is 2.43 bits per heavy atom. The zero-order valence-corrected chi connectivity index (χ0v) is 12.3. The van der Waals surface area contributed by atoms with Gasteiger partial charge in [0.25, 0.3) is 0 Å². The van der Waals surface area contributed by atoms with Gasteiger partial charge in [-0.25, -0.2) is 4.39 Å². The predicted octanol–water partition coefficient (Wildman–Crippen LogP) is 3.15. The zero-order chi connectivity index (χ0) is 16.7. The molecule has 5 heteroatoms. The number of carbonyl (C=O) groups excluding carboxylic acids is 1. The van der Waals surface area contributed by atoms with Crippen LogP contribution < -0.4 is 5.32 Å². The minimum atomic E-state index is -0.890. The van der Waals surface area contributed by atoms with Crippen LogP contribution in [0.5, 0.6) is 0 Å². The summed E-state index contributed by atoms with van der Waals surface area (Å²) < 4.78 is 13.4. The zero-order valence-electron chi connectivity index (χ0n) is 12.3. The highest BCUT2D eigenvalue weighted by Gasteiger charge is 2.02. The standard InChI is InChI=1S/C18H16FNO3/c19-17-4-2-1-3-14(17)7-10-16(21)12-20-15-8-5-13(6-9-15)11-18(22)23/h1-10,20H,11-12H2,(H,22,23)/b10-7+. The number of halogens is 1. The molecule has 2 aromatic carbocycles. The van der Waals surface area contributed by atoms with E-state index in [-0.39, 0.29) is 24.6 Å². The van der Waals surface area contributed by atoms with Crippen molar-refractivity contribution in [2.24, 2.45) is 0 Å². The molecule has 23 heavy (non-hydrogen) atoms. The first-order chi connectivity index (χ1) is 11.0. The Hall–Kier alpha value is -2.95. The van der Waals surface area contributed by atoms with Gasteiger partial charge in [0.2, 0.25) is 0 Å². The minimum Gasteiger partial charge on any atom is -0.481 e. The van der Waals surface area contributed by atoms with Crippen LogP contribution in [0.1, 0.15) is 11.1 Å². The summed E-state index contributed by atoms with van der Waals surface area (Å²) in [5.41, 5.74) is 1.76. The topological polar surface area (TPSA) is 66.4 Å². The van der Waals surface area contributed by atoms with Crippen LogP contribution >= 0.6 is 0 Å². The first-order valence-electron chi connectivity index (χ1n) is 7.04. The van der Waals surface area contributed by atoms with Crippen molar-refractivity contribution in [2.45, 2.75) is 6.42 Å². The predicted molar refractivity (Wildman–Crippen MR) is 86.7 cm³/mol. The van der Waals surface area contributed by atoms with Crippen molar-refractivity contribution >= 4 is 23.5 Å². The maximum absolute atomic E-state index is 13.4. The highest BCUT2D eigenvalue weighted by molar-refractivity contribution is 5.96. The van der Waals surface area contributed by atoms with Crippen molar-refractivity contribution in [3.05, 3.63) is 71.6 Å². The molecule has 0 spiro atoms. The second-order valence-corrected chi connectivity index (χ2v) is 4.94. The highest BCUT2D eigenvalue weighted by atomic mass is 19.1. The third-order valence-corrected chi connectivity index (χ3v) is 3.13. The molecule has 2 aromatic rings. The number of carboxylic acids is 1. The molecule has 0 saturated carbocycles. The molecule has 0 aliphatic rings. The highest BCUT2D eigenvalue weighted by Crippen LogP contribution is 2.11. The maximum Gasteiger partial charge on any atom is 0.307 e. The number of anilines is 1. The monoisotopic (exact) mass is 313 g/mol. The molecule has 0 saturated heterocycles. The van der Waals surface area contributed by atoms with Crippen LogP contribution in [-0.4, -0.2) is 23.4 Å². The average molecular weight is 313 g/mol. The van der Waals surface area contributed by atoms with E-state index in [1.54, 1.807) is 42.5 Å². The SMILES string of the molecule is O=C(O)Cc1ccc(NCC(=O)/C=C/c2ccccc2F)cc1. The number of aliphatic carboxylic acids is 1. The third kappa shape index (κ3) is 5.39. The lowest BCUT2D eigenvalue weighted by atomic mass is 10.1. The second kappa shape index (κ2) is 7.89. The number of ketones is 1. The van der Waals surface area contributed by atoms with E-state index >= 15 is 0 Å². The molecule has 0 fully saturated rings. The summed E-state index contributed by atoms with van der Waals surface area (Å²) in [6.45, 7) is 0.0726. The van der Waals surface area contributed by atoms with E-state index in [0.717, 1.165) is 0 Å². The van der Waals surface area contributed by atoms with Crippen LogP contribution in [0.3, 0.4) is 0 Å². The van der Waals surface area contributed by atoms with Crippen molar-refractivity contribution in [3.8, 4) is 0 Å². The van der Waals surface area contributed by atoms with E-state index in [4.69, 9.17) is 5.11 Å². The molecule has 0 unspecified atom stereocenters. The fourth-order valence-electron chi connectivity index (χ4n) is 1.96. The fraction of sp³-hybridized carbons (Fsp3) is 0.111. The number of hydrogen-bond acceptors (Lipinski definition) is 3. The number of carbonyl (C=O) groups is 2. The van der Waals surface area contributed by atoms with Crippen LogP contribution in [0.4, 0.5) is 10.1 Å². The van der Waals surface area contributed by atoms with Gasteiger partial charge in [0.1, 0.15) is 5.82 Å². The van der Waals surface area contributed by atoms with E-state index in [9.17, 15) is 14.0 Å². The molecule has 2 rings (SSSR count). The number of rotatable bonds is 7. The van der Waals surface area contributed by atoms with Gasteiger partial charge in [0.15, 0.2) is 5.78 Å². The van der Waals surface area contributed by atoms with Crippen LogP contribution in [0.25, 0.3) is 6.08 Å². The minimum absolute atomic E-state index is 0.0371. The first kappa shape index (κ1) is 16.4. The lowest BCUT2D eigenvalue weighted by Crippen LogP contribution is -2.11. The summed E-state index contributed by atoms with van der Waals surface area (Å²) in [6, 6.07) is 13.0. The summed E-state index contributed by atoms with van der Waals surface area (Å²) in [5.74, 6) is -1.46. The molecule has 0 aliphatic carbocycles. The van der Waals surface area contributed by atoms with Crippen molar-refractivity contribution in [3.63, 3.8) is 0 Å². The van der Waals surface area contributed by atoms with Gasteiger partial charge in [-0.2, -0.15) is 0 Å². The van der Waals surface area contributed by atoms with Gasteiger partial charge < -0.3 is 10.4 Å². The Kier molecular flexibility index (Phi) is 5.63. The molecule has 0 radical (unpaired) electrons. The Balaban J connectivity index is 1.87. The molecule has 0 atom stereocenters. The molecule has 0 aliphatic heterocycles. The van der Waals surface area contributed by atoms with E-state index in [0.29, 0.717) is 16.8 Å². The Bertz CT molecular complexity index is 723. The lowest BCUT2D eigenvalue weighted by molar-refractivity contribution is -0.136. The van der Waals surface area contributed by atoms with Gasteiger partial charge in [-0.15, -0.1) is 0 Å². The molecule has 0 aromatic heterocycles. The Morgan fingerprint density at radius 1 is 1.09 bits per heavy atom. The number of nitrogens with one attached hydrogen (secondary N) is 1. The molecule has 0 amide bonds. The van der Waals surface area contributed by atoms with Gasteiger partial charge in [-0.1, -0.05) is 30.3 Å². The summed E-state index contributed by atoms with van der Waals surface area (Å²) in [5, 5.41) is 11.6. The van der Waals surface area contributed by atoms with E-state index in [1.165, 1.54) is 18.2 Å². The summed E-state index contributed by atoms with van der Waals surface area (Å²) in [6.07, 6.45) is 2.73.